The summed E-state index contributed by atoms with van der Waals surface area (Å²) in [6.07, 6.45) is -6.57. The topological polar surface area (TPSA) is 54.4 Å². The number of halogens is 11. The van der Waals surface area contributed by atoms with Gasteiger partial charge in [-0.1, -0.05) is 0 Å². The van der Waals surface area contributed by atoms with Crippen molar-refractivity contribution in [3.63, 3.8) is 0 Å². The maximum atomic E-state index is 12.6. The molecule has 0 unspecified atom stereocenters. The van der Waals surface area contributed by atoms with Gasteiger partial charge in [0.1, 0.15) is 0 Å². The summed E-state index contributed by atoms with van der Waals surface area (Å²) >= 11 is 0. The first-order valence-electron chi connectivity index (χ1n) is 4.05. The van der Waals surface area contributed by atoms with Gasteiger partial charge in [0.25, 0.3) is 0 Å². The molecule has 1 N–H and O–H groups in total. The summed E-state index contributed by atoms with van der Waals surface area (Å²) in [5.74, 6) is -23.8. The third kappa shape index (κ3) is 3.07. The van der Waals surface area contributed by atoms with Crippen molar-refractivity contribution in [2.75, 3.05) is 0 Å². The van der Waals surface area contributed by atoms with Gasteiger partial charge in [0.2, 0.25) is 11.7 Å². The van der Waals surface area contributed by atoms with Gasteiger partial charge in [-0.2, -0.15) is 52.3 Å². The molecule has 0 aliphatic heterocycles. The molecule has 0 aromatic rings. The van der Waals surface area contributed by atoms with Crippen LogP contribution in [0.5, 0.6) is 0 Å². The predicted octanol–water partition coefficient (Wildman–Crippen LogP) is 3.45. The Balaban J connectivity index is 6.28. The standard InChI is InChI=1S/C6HF11O3S/c7-1(2(8)4(11,12)13)3(9,10)5(14,15)6(16,17)21(18,19)20/h(H,18,19,20). The average Bonchev–Trinajstić information content (AvgIpc) is 2.23. The summed E-state index contributed by atoms with van der Waals surface area (Å²) in [7, 11) is -7.29. The second kappa shape index (κ2) is 4.96. The van der Waals surface area contributed by atoms with Crippen LogP contribution in [0.4, 0.5) is 48.3 Å². The molecule has 0 amide bonds. The molecule has 0 bridgehead atoms. The van der Waals surface area contributed by atoms with Gasteiger partial charge >= 0.3 is 33.4 Å². The largest absolute Gasteiger partial charge is 0.445 e. The van der Waals surface area contributed by atoms with E-state index in [1.54, 1.807) is 0 Å². The highest BCUT2D eigenvalue weighted by Crippen LogP contribution is 2.53. The monoisotopic (exact) mass is 362 g/mol. The maximum Gasteiger partial charge on any atom is 0.445 e. The zero-order chi connectivity index (χ0) is 17.7. The Labute approximate surface area is 107 Å². The highest BCUT2D eigenvalue weighted by atomic mass is 32.2. The van der Waals surface area contributed by atoms with E-state index in [4.69, 9.17) is 4.55 Å². The fourth-order valence-electron chi connectivity index (χ4n) is 0.745. The second-order valence-electron chi connectivity index (χ2n) is 3.27. The molecular formula is C6HF11O3S. The summed E-state index contributed by atoms with van der Waals surface area (Å²) in [5.41, 5.74) is 0. The molecule has 0 heterocycles. The molecule has 0 radical (unpaired) electrons. The minimum atomic E-state index is -7.43. The van der Waals surface area contributed by atoms with Crippen molar-refractivity contribution in [1.82, 2.24) is 0 Å². The summed E-state index contributed by atoms with van der Waals surface area (Å²) in [6.45, 7) is 0. The minimum Gasteiger partial charge on any atom is -0.281 e. The molecule has 0 aliphatic carbocycles. The zero-order valence-electron chi connectivity index (χ0n) is 8.83. The van der Waals surface area contributed by atoms with Crippen LogP contribution < -0.4 is 0 Å². The second-order valence-corrected chi connectivity index (χ2v) is 4.73. The Bertz CT molecular complexity index is 543. The van der Waals surface area contributed by atoms with Gasteiger partial charge in [-0.3, -0.25) is 4.55 Å². The molecule has 0 spiro atoms. The Morgan fingerprint density at radius 1 is 0.762 bits per heavy atom. The number of rotatable bonds is 4. The van der Waals surface area contributed by atoms with Crippen LogP contribution in [-0.2, 0) is 10.1 Å². The van der Waals surface area contributed by atoms with Crippen molar-refractivity contribution in [3.05, 3.63) is 11.7 Å². The van der Waals surface area contributed by atoms with Crippen molar-refractivity contribution in [2.24, 2.45) is 0 Å². The molecule has 15 heteroatoms. The lowest BCUT2D eigenvalue weighted by Crippen LogP contribution is -2.58. The van der Waals surface area contributed by atoms with Crippen molar-refractivity contribution in [1.29, 1.82) is 0 Å². The van der Waals surface area contributed by atoms with Gasteiger partial charge in [0.05, 0.1) is 0 Å². The van der Waals surface area contributed by atoms with E-state index in [2.05, 4.69) is 0 Å². The lowest BCUT2D eigenvalue weighted by molar-refractivity contribution is -0.272. The van der Waals surface area contributed by atoms with Gasteiger partial charge in [0.15, 0.2) is 0 Å². The van der Waals surface area contributed by atoms with E-state index in [1.807, 2.05) is 0 Å². The smallest absolute Gasteiger partial charge is 0.281 e. The predicted molar refractivity (Wildman–Crippen MR) is 41.7 cm³/mol. The van der Waals surface area contributed by atoms with Gasteiger partial charge < -0.3 is 0 Å². The quantitative estimate of drug-likeness (QED) is 0.616. The molecule has 0 aliphatic rings. The van der Waals surface area contributed by atoms with Gasteiger partial charge in [-0.25, -0.2) is 4.39 Å². The van der Waals surface area contributed by atoms with Crippen molar-refractivity contribution in [3.8, 4) is 0 Å². The van der Waals surface area contributed by atoms with E-state index in [9.17, 15) is 56.7 Å². The van der Waals surface area contributed by atoms with Crippen molar-refractivity contribution >= 4 is 10.1 Å². The van der Waals surface area contributed by atoms with Crippen LogP contribution >= 0.6 is 0 Å². The molecule has 0 saturated heterocycles. The third-order valence-corrected chi connectivity index (χ3v) is 2.71. The average molecular weight is 362 g/mol. The van der Waals surface area contributed by atoms with E-state index in [0.29, 0.717) is 0 Å². The van der Waals surface area contributed by atoms with Crippen LogP contribution in [0.25, 0.3) is 0 Å². The third-order valence-electron chi connectivity index (χ3n) is 1.80. The molecule has 3 nitrogen and oxygen atoms in total. The minimum absolute atomic E-state index is 4.47. The molecule has 0 aromatic heterocycles. The molecule has 0 atom stereocenters. The van der Waals surface area contributed by atoms with Crippen molar-refractivity contribution < 1.29 is 61.3 Å². The van der Waals surface area contributed by atoms with Gasteiger partial charge in [0, 0.05) is 0 Å². The van der Waals surface area contributed by atoms with Crippen LogP contribution in [0.1, 0.15) is 0 Å². The number of alkyl halides is 9. The summed E-state index contributed by atoms with van der Waals surface area (Å²) in [5, 5.41) is -7.10. The maximum absolute atomic E-state index is 12.6. The van der Waals surface area contributed by atoms with E-state index < -0.39 is 45.0 Å². The highest BCUT2D eigenvalue weighted by Gasteiger charge is 2.80. The summed E-state index contributed by atoms with van der Waals surface area (Å²) < 4.78 is 162. The molecule has 0 saturated carbocycles. The lowest BCUT2D eigenvalue weighted by Gasteiger charge is -2.29. The SMILES string of the molecule is O=S(=O)(O)C(F)(F)C(F)(F)C(F)(F)C(F)=C(F)C(F)(F)F. The molecular weight excluding hydrogens is 361 g/mol. The number of hydrogen-bond acceptors (Lipinski definition) is 2. The van der Waals surface area contributed by atoms with Crippen LogP contribution in [0.3, 0.4) is 0 Å². The molecule has 126 valence electrons. The Morgan fingerprint density at radius 3 is 1.33 bits per heavy atom. The van der Waals surface area contributed by atoms with E-state index in [0.717, 1.165) is 0 Å². The van der Waals surface area contributed by atoms with Gasteiger partial charge in [-0.05, 0) is 0 Å². The van der Waals surface area contributed by atoms with Gasteiger partial charge in [-0.15, -0.1) is 0 Å². The zero-order valence-corrected chi connectivity index (χ0v) is 9.65. The Hall–Kier alpha value is -1.12. The van der Waals surface area contributed by atoms with Crippen molar-refractivity contribution in [2.45, 2.75) is 23.3 Å². The van der Waals surface area contributed by atoms with E-state index in [1.165, 1.54) is 0 Å². The van der Waals surface area contributed by atoms with E-state index in [-0.39, 0.29) is 0 Å². The fraction of sp³-hybridized carbons (Fsp3) is 0.667. The Kier molecular flexibility index (Phi) is 4.70. The molecule has 0 rings (SSSR count). The fourth-order valence-corrected chi connectivity index (χ4v) is 1.20. The first-order chi connectivity index (χ1) is 8.82. The highest BCUT2D eigenvalue weighted by molar-refractivity contribution is 7.87. The van der Waals surface area contributed by atoms with E-state index >= 15 is 0 Å². The summed E-state index contributed by atoms with van der Waals surface area (Å²) in [6, 6.07) is 0. The summed E-state index contributed by atoms with van der Waals surface area (Å²) in [4.78, 5) is 0. The number of hydrogen-bond donors (Lipinski definition) is 1. The number of allylic oxidation sites excluding steroid dienone is 2. The normalized spacial score (nSPS) is 16.8. The lowest BCUT2D eigenvalue weighted by atomic mass is 10.1. The van der Waals surface area contributed by atoms with Crippen LogP contribution in [0.15, 0.2) is 11.7 Å². The molecule has 0 aromatic carbocycles. The van der Waals surface area contributed by atoms with Crippen LogP contribution in [0.2, 0.25) is 0 Å². The Morgan fingerprint density at radius 2 is 1.10 bits per heavy atom. The molecule has 21 heavy (non-hydrogen) atoms. The first kappa shape index (κ1) is 19.9. The van der Waals surface area contributed by atoms with Crippen LogP contribution in [0, 0.1) is 0 Å². The first-order valence-corrected chi connectivity index (χ1v) is 5.49. The van der Waals surface area contributed by atoms with Crippen LogP contribution in [-0.4, -0.2) is 36.2 Å². The molecule has 0 fully saturated rings.